The Kier molecular flexibility index (Phi) is 6.39. The number of nitrogens with zero attached hydrogens (tertiary/aromatic N) is 4. The highest BCUT2D eigenvalue weighted by molar-refractivity contribution is 5.76. The zero-order valence-corrected chi connectivity index (χ0v) is 18.7. The van der Waals surface area contributed by atoms with E-state index < -0.39 is 0 Å². The quantitative estimate of drug-likeness (QED) is 0.590. The number of aromatic nitrogens is 3. The lowest BCUT2D eigenvalue weighted by Gasteiger charge is -2.31. The fraction of sp³-hybridized carbons (Fsp3) is 0.417. The van der Waals surface area contributed by atoms with Gasteiger partial charge in [-0.15, -0.1) is 0 Å². The van der Waals surface area contributed by atoms with Crippen LogP contribution in [0.2, 0.25) is 0 Å². The van der Waals surface area contributed by atoms with Crippen molar-refractivity contribution in [3.8, 4) is 5.75 Å². The number of oxazole rings is 1. The summed E-state index contributed by atoms with van der Waals surface area (Å²) in [6.07, 6.45) is 4.16. The van der Waals surface area contributed by atoms with Gasteiger partial charge < -0.3 is 14.1 Å². The Morgan fingerprint density at radius 2 is 2.12 bits per heavy atom. The molecule has 1 amide bonds. The third-order valence-corrected chi connectivity index (χ3v) is 5.85. The average Bonchev–Trinajstić information content (AvgIpc) is 3.25. The molecule has 3 aromatic rings. The molecule has 8 nitrogen and oxygen atoms in total. The van der Waals surface area contributed by atoms with Crippen molar-refractivity contribution >= 4 is 5.91 Å². The number of hydrogen-bond donors (Lipinski definition) is 0. The zero-order valence-electron chi connectivity index (χ0n) is 18.7. The number of carbonyl (C=O) groups is 1. The number of likely N-dealkylation sites (tertiary alicyclic amines) is 1. The van der Waals surface area contributed by atoms with Crippen molar-refractivity contribution in [3.63, 3.8) is 0 Å². The maximum atomic E-state index is 12.9. The molecule has 8 heteroatoms. The minimum Gasteiger partial charge on any atom is -0.497 e. The predicted octanol–water partition coefficient (Wildman–Crippen LogP) is 2.85. The van der Waals surface area contributed by atoms with E-state index in [-0.39, 0.29) is 24.1 Å². The highest BCUT2D eigenvalue weighted by atomic mass is 16.5. The molecule has 0 aliphatic carbocycles. The lowest BCUT2D eigenvalue weighted by molar-refractivity contribution is -0.133. The van der Waals surface area contributed by atoms with E-state index in [1.807, 2.05) is 37.3 Å². The molecule has 0 bridgehead atoms. The number of hydrogen-bond acceptors (Lipinski definition) is 6. The molecule has 2 aromatic heterocycles. The Balaban J connectivity index is 1.42. The van der Waals surface area contributed by atoms with Gasteiger partial charge in [-0.2, -0.15) is 4.98 Å². The largest absolute Gasteiger partial charge is 0.497 e. The van der Waals surface area contributed by atoms with Crippen LogP contribution in [-0.2, 0) is 17.8 Å². The molecule has 0 N–H and O–H groups in total. The smallest absolute Gasteiger partial charge is 0.348 e. The van der Waals surface area contributed by atoms with E-state index in [4.69, 9.17) is 9.15 Å². The van der Waals surface area contributed by atoms with Gasteiger partial charge in [0, 0.05) is 30.9 Å². The molecule has 0 spiro atoms. The van der Waals surface area contributed by atoms with E-state index in [1.54, 1.807) is 25.1 Å². The van der Waals surface area contributed by atoms with Crippen LogP contribution in [0.15, 0.2) is 45.7 Å². The molecule has 1 saturated heterocycles. The molecule has 0 radical (unpaired) electrons. The van der Waals surface area contributed by atoms with Gasteiger partial charge in [0.15, 0.2) is 5.89 Å². The van der Waals surface area contributed by atoms with E-state index in [0.717, 1.165) is 35.6 Å². The minimum absolute atomic E-state index is 0.00264. The summed E-state index contributed by atoms with van der Waals surface area (Å²) in [5.74, 6) is 2.20. The maximum Gasteiger partial charge on any atom is 0.348 e. The van der Waals surface area contributed by atoms with Crippen LogP contribution in [0.5, 0.6) is 5.75 Å². The number of amides is 1. The molecule has 1 atom stereocenters. The van der Waals surface area contributed by atoms with Crippen molar-refractivity contribution in [2.75, 3.05) is 20.2 Å². The van der Waals surface area contributed by atoms with Crippen LogP contribution in [-0.4, -0.2) is 45.5 Å². The van der Waals surface area contributed by atoms with Crippen molar-refractivity contribution in [3.05, 3.63) is 75.6 Å². The molecule has 1 aliphatic rings. The van der Waals surface area contributed by atoms with Gasteiger partial charge in [-0.25, -0.2) is 9.78 Å². The van der Waals surface area contributed by atoms with Crippen molar-refractivity contribution in [2.45, 2.75) is 45.6 Å². The van der Waals surface area contributed by atoms with E-state index in [0.29, 0.717) is 31.1 Å². The minimum atomic E-state index is -0.390. The van der Waals surface area contributed by atoms with Crippen LogP contribution in [0.3, 0.4) is 0 Å². The lowest BCUT2D eigenvalue weighted by atomic mass is 9.98. The van der Waals surface area contributed by atoms with Crippen LogP contribution in [0.4, 0.5) is 0 Å². The average molecular weight is 437 g/mol. The second-order valence-corrected chi connectivity index (χ2v) is 8.28. The Bertz CT molecular complexity index is 1170. The fourth-order valence-corrected chi connectivity index (χ4v) is 4.18. The summed E-state index contributed by atoms with van der Waals surface area (Å²) in [7, 11) is 1.65. The summed E-state index contributed by atoms with van der Waals surface area (Å²) >= 11 is 0. The first-order chi connectivity index (χ1) is 15.4. The van der Waals surface area contributed by atoms with Crippen LogP contribution in [0.25, 0.3) is 0 Å². The van der Waals surface area contributed by atoms with Crippen LogP contribution < -0.4 is 10.4 Å². The Labute approximate surface area is 186 Å². The molecule has 168 valence electrons. The molecule has 4 rings (SSSR count). The van der Waals surface area contributed by atoms with Crippen LogP contribution in [0.1, 0.15) is 47.4 Å². The number of piperidine rings is 1. The molecule has 1 aliphatic heterocycles. The molecular weight excluding hydrogens is 408 g/mol. The molecule has 1 unspecified atom stereocenters. The van der Waals surface area contributed by atoms with Gasteiger partial charge in [-0.05, 0) is 50.5 Å². The molecule has 3 heterocycles. The van der Waals surface area contributed by atoms with Crippen LogP contribution in [0, 0.1) is 13.8 Å². The summed E-state index contributed by atoms with van der Waals surface area (Å²) in [5.41, 5.74) is 2.08. The SMILES string of the molecule is COc1cccc(Cc2cnc(C3CCCN(C(=O)Cn4c(C)cc(C)nc4=O)C3)o2)c1. The molecular formula is C24H28N4O4. The number of aryl methyl sites for hydroxylation is 2. The van der Waals surface area contributed by atoms with Crippen molar-refractivity contribution in [1.82, 2.24) is 19.4 Å². The summed E-state index contributed by atoms with van der Waals surface area (Å²) in [6, 6.07) is 9.67. The first-order valence-corrected chi connectivity index (χ1v) is 10.8. The highest BCUT2D eigenvalue weighted by Gasteiger charge is 2.28. The predicted molar refractivity (Wildman–Crippen MR) is 119 cm³/mol. The normalized spacial score (nSPS) is 16.2. The van der Waals surface area contributed by atoms with E-state index >= 15 is 0 Å². The summed E-state index contributed by atoms with van der Waals surface area (Å²) in [5, 5.41) is 0. The van der Waals surface area contributed by atoms with Gasteiger partial charge in [0.2, 0.25) is 5.91 Å². The van der Waals surface area contributed by atoms with Crippen molar-refractivity contribution in [2.24, 2.45) is 0 Å². The first kappa shape index (κ1) is 21.8. The first-order valence-electron chi connectivity index (χ1n) is 10.8. The Morgan fingerprint density at radius 3 is 2.91 bits per heavy atom. The third kappa shape index (κ3) is 4.90. The number of ether oxygens (including phenoxy) is 1. The highest BCUT2D eigenvalue weighted by Crippen LogP contribution is 2.27. The molecule has 0 saturated carbocycles. The van der Waals surface area contributed by atoms with Crippen molar-refractivity contribution < 1.29 is 13.9 Å². The third-order valence-electron chi connectivity index (χ3n) is 5.85. The Morgan fingerprint density at radius 1 is 1.28 bits per heavy atom. The van der Waals surface area contributed by atoms with Gasteiger partial charge in [0.05, 0.1) is 19.2 Å². The topological polar surface area (TPSA) is 90.5 Å². The van der Waals surface area contributed by atoms with Crippen molar-refractivity contribution in [1.29, 1.82) is 0 Å². The lowest BCUT2D eigenvalue weighted by Crippen LogP contribution is -2.42. The zero-order chi connectivity index (χ0) is 22.7. The standard InChI is InChI=1S/C24H28N4O4/c1-16-10-17(2)28(24(30)26-16)15-22(29)27-9-5-7-19(14-27)23-25-13-21(32-23)12-18-6-4-8-20(11-18)31-3/h4,6,8,10-11,13,19H,5,7,9,12,14-15H2,1-3H3. The van der Waals surface area contributed by atoms with Gasteiger partial charge in [0.1, 0.15) is 18.1 Å². The number of rotatable bonds is 6. The fourth-order valence-electron chi connectivity index (χ4n) is 4.18. The van der Waals surface area contributed by atoms with Crippen LogP contribution >= 0.6 is 0 Å². The monoisotopic (exact) mass is 436 g/mol. The summed E-state index contributed by atoms with van der Waals surface area (Å²) in [6.45, 7) is 4.79. The number of carbonyl (C=O) groups excluding carboxylic acids is 1. The maximum absolute atomic E-state index is 12.9. The van der Waals surface area contributed by atoms with Gasteiger partial charge >= 0.3 is 5.69 Å². The summed E-state index contributed by atoms with van der Waals surface area (Å²) < 4.78 is 12.8. The molecule has 1 aromatic carbocycles. The van der Waals surface area contributed by atoms with E-state index in [1.165, 1.54) is 4.57 Å². The second-order valence-electron chi connectivity index (χ2n) is 8.28. The number of methoxy groups -OCH3 is 1. The Hall–Kier alpha value is -3.42. The van der Waals surface area contributed by atoms with E-state index in [9.17, 15) is 9.59 Å². The molecule has 32 heavy (non-hydrogen) atoms. The number of benzene rings is 1. The summed E-state index contributed by atoms with van der Waals surface area (Å²) in [4.78, 5) is 35.4. The van der Waals surface area contributed by atoms with Gasteiger partial charge in [0.25, 0.3) is 0 Å². The second kappa shape index (κ2) is 9.38. The van der Waals surface area contributed by atoms with E-state index in [2.05, 4.69) is 9.97 Å². The van der Waals surface area contributed by atoms with Gasteiger partial charge in [-0.1, -0.05) is 12.1 Å². The van der Waals surface area contributed by atoms with Gasteiger partial charge in [-0.3, -0.25) is 9.36 Å². The molecule has 1 fully saturated rings.